The van der Waals surface area contributed by atoms with Crippen LogP contribution in [0.4, 0.5) is 0 Å². The topological polar surface area (TPSA) is 15.3 Å². The minimum atomic E-state index is 0.774. The van der Waals surface area contributed by atoms with Crippen LogP contribution in [0.1, 0.15) is 119 Å². The SMILES string of the molecule is CC.CCc1ccccc1CCCCCCc1ccc(C2CCNCC2)cc1.CCc1ccccc1CCCN(C)CC. The van der Waals surface area contributed by atoms with Gasteiger partial charge in [0, 0.05) is 0 Å². The zero-order chi connectivity index (χ0) is 31.1. The van der Waals surface area contributed by atoms with Crippen molar-refractivity contribution >= 4 is 0 Å². The number of benzene rings is 3. The maximum Gasteiger partial charge on any atom is -0.00187 e. The fourth-order valence-corrected chi connectivity index (χ4v) is 6.10. The smallest absolute Gasteiger partial charge is 0.00187 e. The van der Waals surface area contributed by atoms with E-state index in [-0.39, 0.29) is 0 Å². The molecular weight excluding hydrogens is 520 g/mol. The fourth-order valence-electron chi connectivity index (χ4n) is 6.10. The van der Waals surface area contributed by atoms with E-state index in [0.29, 0.717) is 0 Å². The number of unbranched alkanes of at least 4 members (excludes halogenated alkanes) is 3. The van der Waals surface area contributed by atoms with Crippen molar-refractivity contribution in [1.82, 2.24) is 10.2 Å². The van der Waals surface area contributed by atoms with Crippen LogP contribution in [0.15, 0.2) is 72.8 Å². The monoisotopic (exact) mass is 585 g/mol. The number of rotatable bonds is 15. The Morgan fingerprint density at radius 3 is 1.60 bits per heavy atom. The van der Waals surface area contributed by atoms with Crippen molar-refractivity contribution in [3.05, 3.63) is 106 Å². The van der Waals surface area contributed by atoms with Crippen LogP contribution in [0.2, 0.25) is 0 Å². The molecule has 3 aromatic rings. The van der Waals surface area contributed by atoms with E-state index < -0.39 is 0 Å². The van der Waals surface area contributed by atoms with Crippen LogP contribution in [-0.4, -0.2) is 38.1 Å². The first-order valence-corrected chi connectivity index (χ1v) is 17.8. The molecule has 1 heterocycles. The highest BCUT2D eigenvalue weighted by Gasteiger charge is 2.14. The summed E-state index contributed by atoms with van der Waals surface area (Å²) < 4.78 is 0. The van der Waals surface area contributed by atoms with Gasteiger partial charge in [0.1, 0.15) is 0 Å². The van der Waals surface area contributed by atoms with Gasteiger partial charge in [-0.2, -0.15) is 0 Å². The quantitative estimate of drug-likeness (QED) is 0.179. The van der Waals surface area contributed by atoms with Crippen LogP contribution >= 0.6 is 0 Å². The summed E-state index contributed by atoms with van der Waals surface area (Å²) in [7, 11) is 2.19. The molecule has 0 amide bonds. The average Bonchev–Trinajstić information content (AvgIpc) is 3.08. The maximum atomic E-state index is 3.46. The molecule has 4 rings (SSSR count). The number of piperidine rings is 1. The number of hydrogen-bond donors (Lipinski definition) is 1. The van der Waals surface area contributed by atoms with Crippen LogP contribution in [-0.2, 0) is 32.1 Å². The Kier molecular flexibility index (Phi) is 19.7. The number of aryl methyl sites for hydroxylation is 5. The first-order chi connectivity index (χ1) is 21.1. The predicted octanol–water partition coefficient (Wildman–Crippen LogP) is 10.2. The molecule has 0 aromatic heterocycles. The summed E-state index contributed by atoms with van der Waals surface area (Å²) in [4.78, 5) is 2.37. The lowest BCUT2D eigenvalue weighted by Crippen LogP contribution is -2.26. The minimum Gasteiger partial charge on any atom is -0.317 e. The average molecular weight is 585 g/mol. The van der Waals surface area contributed by atoms with Gasteiger partial charge in [0.2, 0.25) is 0 Å². The van der Waals surface area contributed by atoms with Gasteiger partial charge in [-0.1, -0.05) is 120 Å². The zero-order valence-electron chi connectivity index (χ0n) is 28.8. The second kappa shape index (κ2) is 23.0. The first kappa shape index (κ1) is 36.8. The van der Waals surface area contributed by atoms with Crippen molar-refractivity contribution in [2.45, 2.75) is 118 Å². The normalized spacial score (nSPS) is 13.2. The van der Waals surface area contributed by atoms with Crippen LogP contribution in [0.3, 0.4) is 0 Å². The van der Waals surface area contributed by atoms with Crippen molar-refractivity contribution in [2.75, 3.05) is 33.2 Å². The summed E-state index contributed by atoms with van der Waals surface area (Å²) in [6, 6.07) is 27.2. The molecule has 2 heteroatoms. The molecule has 43 heavy (non-hydrogen) atoms. The standard InChI is InChI=1S/C25H35N.C14H23N.C2H6/c1-2-22-10-7-8-12-23(22)11-6-4-3-5-9-21-13-15-24(16-14-21)25-17-19-26-20-18-25;1-4-13-9-6-7-10-14(13)11-8-12-15(3)5-2;1-2/h7-8,10,12-16,25-26H,2-6,9,11,17-20H2,1H3;6-7,9-10H,4-5,8,11-12H2,1-3H3;1-2H3. The third kappa shape index (κ3) is 14.3. The van der Waals surface area contributed by atoms with Crippen LogP contribution in [0.25, 0.3) is 0 Å². The lowest BCUT2D eigenvalue weighted by atomic mass is 9.89. The summed E-state index contributed by atoms with van der Waals surface area (Å²) in [5, 5.41) is 3.46. The van der Waals surface area contributed by atoms with E-state index in [4.69, 9.17) is 0 Å². The first-order valence-electron chi connectivity index (χ1n) is 17.8. The Morgan fingerprint density at radius 2 is 1.09 bits per heavy atom. The van der Waals surface area contributed by atoms with Gasteiger partial charge in [-0.3, -0.25) is 0 Å². The van der Waals surface area contributed by atoms with Gasteiger partial charge in [0.05, 0.1) is 0 Å². The summed E-state index contributed by atoms with van der Waals surface area (Å²) in [6.07, 6.45) is 15.2. The van der Waals surface area contributed by atoms with Gasteiger partial charge in [-0.05, 0) is 137 Å². The van der Waals surface area contributed by atoms with Crippen molar-refractivity contribution in [3.63, 3.8) is 0 Å². The maximum absolute atomic E-state index is 3.46. The third-order valence-corrected chi connectivity index (χ3v) is 8.98. The summed E-state index contributed by atoms with van der Waals surface area (Å²) in [5.41, 5.74) is 9.19. The molecule has 0 saturated carbocycles. The van der Waals surface area contributed by atoms with E-state index in [9.17, 15) is 0 Å². The fraction of sp³-hybridized carbons (Fsp3) is 0.561. The van der Waals surface area contributed by atoms with Gasteiger partial charge in [0.15, 0.2) is 0 Å². The molecule has 0 aliphatic carbocycles. The number of nitrogens with zero attached hydrogens (tertiary/aromatic N) is 1. The van der Waals surface area contributed by atoms with Gasteiger partial charge in [-0.25, -0.2) is 0 Å². The van der Waals surface area contributed by atoms with E-state index >= 15 is 0 Å². The zero-order valence-corrected chi connectivity index (χ0v) is 28.8. The number of hydrogen-bond acceptors (Lipinski definition) is 2. The molecule has 1 fully saturated rings. The lowest BCUT2D eigenvalue weighted by Gasteiger charge is -2.23. The molecular formula is C41H64N2. The summed E-state index contributed by atoms with van der Waals surface area (Å²) in [5.74, 6) is 0.774. The Hall–Kier alpha value is -2.42. The molecule has 0 bridgehead atoms. The largest absolute Gasteiger partial charge is 0.317 e. The van der Waals surface area contributed by atoms with Crippen molar-refractivity contribution in [1.29, 1.82) is 0 Å². The minimum absolute atomic E-state index is 0.774. The van der Waals surface area contributed by atoms with E-state index in [0.717, 1.165) is 25.3 Å². The highest BCUT2D eigenvalue weighted by Crippen LogP contribution is 2.25. The van der Waals surface area contributed by atoms with Crippen molar-refractivity contribution < 1.29 is 0 Å². The Labute approximate surface area is 266 Å². The molecule has 0 atom stereocenters. The van der Waals surface area contributed by atoms with Crippen LogP contribution in [0.5, 0.6) is 0 Å². The highest BCUT2D eigenvalue weighted by atomic mass is 15.1. The molecule has 1 aliphatic rings. The van der Waals surface area contributed by atoms with E-state index in [1.165, 1.54) is 106 Å². The van der Waals surface area contributed by atoms with Gasteiger partial charge in [0.25, 0.3) is 0 Å². The molecule has 0 spiro atoms. The summed E-state index contributed by atoms with van der Waals surface area (Å²) >= 11 is 0. The molecule has 1 N–H and O–H groups in total. The van der Waals surface area contributed by atoms with Crippen molar-refractivity contribution in [3.8, 4) is 0 Å². The van der Waals surface area contributed by atoms with Gasteiger partial charge < -0.3 is 10.2 Å². The van der Waals surface area contributed by atoms with E-state index in [1.807, 2.05) is 13.8 Å². The Morgan fingerprint density at radius 1 is 0.605 bits per heavy atom. The molecule has 238 valence electrons. The van der Waals surface area contributed by atoms with Crippen LogP contribution in [0, 0.1) is 0 Å². The third-order valence-electron chi connectivity index (χ3n) is 8.98. The number of nitrogens with one attached hydrogen (secondary N) is 1. The van der Waals surface area contributed by atoms with Crippen molar-refractivity contribution in [2.24, 2.45) is 0 Å². The predicted molar refractivity (Wildman–Crippen MR) is 192 cm³/mol. The molecule has 1 aliphatic heterocycles. The summed E-state index contributed by atoms with van der Waals surface area (Å²) in [6.45, 7) is 15.4. The van der Waals surface area contributed by atoms with Gasteiger partial charge in [-0.15, -0.1) is 0 Å². The molecule has 0 radical (unpaired) electrons. The molecule has 0 unspecified atom stereocenters. The lowest BCUT2D eigenvalue weighted by molar-refractivity contribution is 0.347. The Balaban J connectivity index is 0.000000324. The van der Waals surface area contributed by atoms with Crippen LogP contribution < -0.4 is 5.32 Å². The van der Waals surface area contributed by atoms with E-state index in [2.05, 4.69) is 111 Å². The highest BCUT2D eigenvalue weighted by molar-refractivity contribution is 5.28. The molecule has 3 aromatic carbocycles. The second-order valence-corrected chi connectivity index (χ2v) is 11.9. The molecule has 1 saturated heterocycles. The van der Waals surface area contributed by atoms with E-state index in [1.54, 1.807) is 11.1 Å². The Bertz CT molecular complexity index is 1080. The molecule has 2 nitrogen and oxygen atoms in total. The van der Waals surface area contributed by atoms with Gasteiger partial charge >= 0.3 is 0 Å². The second-order valence-electron chi connectivity index (χ2n) is 11.9.